The van der Waals surface area contributed by atoms with E-state index in [9.17, 15) is 4.39 Å². The first-order valence-corrected chi connectivity index (χ1v) is 4.14. The fraction of sp³-hybridized carbons (Fsp3) is 0.200. The number of nitrogens with one attached hydrogen (secondary N) is 1. The average molecular weight is 194 g/mol. The predicted molar refractivity (Wildman–Crippen MR) is 52.8 cm³/mol. The third-order valence-electron chi connectivity index (χ3n) is 1.59. The smallest absolute Gasteiger partial charge is 0.148 e. The third kappa shape index (κ3) is 2.73. The minimum atomic E-state index is -0.441. The van der Waals surface area contributed by atoms with Crippen molar-refractivity contribution in [2.75, 3.05) is 12.0 Å². The summed E-state index contributed by atoms with van der Waals surface area (Å²) in [7, 11) is 0. The molecule has 0 aromatic heterocycles. The van der Waals surface area contributed by atoms with Crippen LogP contribution in [0.5, 0.6) is 0 Å². The summed E-state index contributed by atoms with van der Waals surface area (Å²) in [6.07, 6.45) is 0.387. The van der Waals surface area contributed by atoms with Crippen LogP contribution >= 0.6 is 0 Å². The number of hydrogen-bond acceptors (Lipinski definition) is 3. The van der Waals surface area contributed by atoms with Gasteiger partial charge in [-0.25, -0.2) is 4.39 Å². The molecule has 1 aromatic rings. The molecule has 1 aromatic carbocycles. The van der Waals surface area contributed by atoms with Crippen molar-refractivity contribution in [1.82, 2.24) is 0 Å². The lowest BCUT2D eigenvalue weighted by atomic mass is 10.2. The van der Waals surface area contributed by atoms with Gasteiger partial charge >= 0.3 is 0 Å². The lowest BCUT2D eigenvalue weighted by Gasteiger charge is -2.00. The summed E-state index contributed by atoms with van der Waals surface area (Å²) in [6.45, 7) is 0.0118. The second kappa shape index (κ2) is 5.22. The van der Waals surface area contributed by atoms with E-state index in [4.69, 9.17) is 10.9 Å². The molecule has 3 nitrogen and oxygen atoms in total. The number of anilines is 1. The minimum absolute atomic E-state index is 0.0118. The van der Waals surface area contributed by atoms with Crippen LogP contribution < -0.4 is 11.3 Å². The summed E-state index contributed by atoms with van der Waals surface area (Å²) in [5.74, 6) is 10.0. The highest BCUT2D eigenvalue weighted by molar-refractivity contribution is 5.48. The van der Waals surface area contributed by atoms with E-state index in [0.29, 0.717) is 12.0 Å². The fourth-order valence-electron chi connectivity index (χ4n) is 0.930. The van der Waals surface area contributed by atoms with Crippen molar-refractivity contribution >= 4 is 5.69 Å². The van der Waals surface area contributed by atoms with Crippen LogP contribution in [0.2, 0.25) is 0 Å². The molecule has 14 heavy (non-hydrogen) atoms. The van der Waals surface area contributed by atoms with E-state index in [1.165, 1.54) is 12.1 Å². The first-order valence-electron chi connectivity index (χ1n) is 4.14. The molecule has 0 unspecified atom stereocenters. The van der Waals surface area contributed by atoms with Crippen LogP contribution in [0.3, 0.4) is 0 Å². The number of hydrazine groups is 1. The van der Waals surface area contributed by atoms with Gasteiger partial charge < -0.3 is 10.5 Å². The molecule has 4 N–H and O–H groups in total. The second-order valence-electron chi connectivity index (χ2n) is 2.61. The van der Waals surface area contributed by atoms with E-state index in [-0.39, 0.29) is 12.3 Å². The Morgan fingerprint density at radius 3 is 2.86 bits per heavy atom. The molecule has 0 bridgehead atoms. The maximum Gasteiger partial charge on any atom is 0.148 e. The van der Waals surface area contributed by atoms with Crippen LogP contribution in [-0.4, -0.2) is 11.7 Å². The number of halogens is 1. The molecule has 0 fully saturated rings. The van der Waals surface area contributed by atoms with Gasteiger partial charge in [-0.1, -0.05) is 11.8 Å². The molecule has 1 rings (SSSR count). The van der Waals surface area contributed by atoms with Crippen molar-refractivity contribution in [2.45, 2.75) is 6.42 Å². The summed E-state index contributed by atoms with van der Waals surface area (Å²) >= 11 is 0. The first-order chi connectivity index (χ1) is 6.77. The molecular weight excluding hydrogens is 183 g/mol. The molecule has 0 saturated heterocycles. The van der Waals surface area contributed by atoms with Gasteiger partial charge in [0.15, 0.2) is 0 Å². The topological polar surface area (TPSA) is 58.3 Å². The highest BCUT2D eigenvalue weighted by Gasteiger charge is 1.99. The number of rotatable bonds is 2. The Bertz CT molecular complexity index is 368. The number of nitrogens with two attached hydrogens (primary N) is 1. The van der Waals surface area contributed by atoms with Gasteiger partial charge in [0, 0.05) is 12.0 Å². The molecule has 0 radical (unpaired) electrons. The molecule has 0 aliphatic rings. The van der Waals surface area contributed by atoms with Crippen LogP contribution in [-0.2, 0) is 0 Å². The van der Waals surface area contributed by atoms with E-state index in [1.807, 2.05) is 0 Å². The van der Waals surface area contributed by atoms with Crippen molar-refractivity contribution in [3.8, 4) is 11.8 Å². The van der Waals surface area contributed by atoms with Gasteiger partial charge in [-0.05, 0) is 18.2 Å². The summed E-state index contributed by atoms with van der Waals surface area (Å²) in [4.78, 5) is 0. The van der Waals surface area contributed by atoms with Crippen LogP contribution in [0, 0.1) is 17.7 Å². The molecule has 0 aliphatic carbocycles. The second-order valence-corrected chi connectivity index (χ2v) is 2.61. The van der Waals surface area contributed by atoms with Crippen molar-refractivity contribution < 1.29 is 9.50 Å². The van der Waals surface area contributed by atoms with Crippen molar-refractivity contribution in [3.05, 3.63) is 29.6 Å². The zero-order chi connectivity index (χ0) is 10.4. The number of hydrogen-bond donors (Lipinski definition) is 3. The first kappa shape index (κ1) is 10.5. The normalized spacial score (nSPS) is 9.07. The van der Waals surface area contributed by atoms with Gasteiger partial charge in [-0.3, -0.25) is 5.84 Å². The van der Waals surface area contributed by atoms with Crippen LogP contribution in [0.15, 0.2) is 18.2 Å². The summed E-state index contributed by atoms with van der Waals surface area (Å²) in [5, 5.41) is 8.48. The molecule has 0 spiro atoms. The standard InChI is InChI=1S/C10H11FN2O/c11-9-7-8(3-1-2-6-14)4-5-10(9)13-12/h4-5,7,13-14H,2,6,12H2. The largest absolute Gasteiger partial charge is 0.395 e. The monoisotopic (exact) mass is 194 g/mol. The van der Waals surface area contributed by atoms with Crippen molar-refractivity contribution in [3.63, 3.8) is 0 Å². The fourth-order valence-corrected chi connectivity index (χ4v) is 0.930. The Morgan fingerprint density at radius 2 is 2.29 bits per heavy atom. The zero-order valence-corrected chi connectivity index (χ0v) is 7.55. The van der Waals surface area contributed by atoms with Crippen molar-refractivity contribution in [2.24, 2.45) is 5.84 Å². The Morgan fingerprint density at radius 1 is 1.50 bits per heavy atom. The molecule has 0 saturated carbocycles. The molecular formula is C10H11FN2O. The molecule has 74 valence electrons. The molecule has 0 aliphatic heterocycles. The molecule has 4 heteroatoms. The van der Waals surface area contributed by atoms with Gasteiger partial charge in [0.2, 0.25) is 0 Å². The third-order valence-corrected chi connectivity index (χ3v) is 1.59. The van der Waals surface area contributed by atoms with E-state index in [1.54, 1.807) is 6.07 Å². The number of aliphatic hydroxyl groups is 1. The Kier molecular flexibility index (Phi) is 3.92. The molecule has 0 atom stereocenters. The average Bonchev–Trinajstić information content (AvgIpc) is 2.18. The maximum atomic E-state index is 13.1. The lowest BCUT2D eigenvalue weighted by molar-refractivity contribution is 0.305. The van der Waals surface area contributed by atoms with Gasteiger partial charge in [0.1, 0.15) is 5.82 Å². The van der Waals surface area contributed by atoms with E-state index < -0.39 is 5.82 Å². The SMILES string of the molecule is NNc1ccc(C#CCCO)cc1F. The number of aliphatic hydroxyl groups excluding tert-OH is 1. The Hall–Kier alpha value is -1.57. The van der Waals surface area contributed by atoms with Crippen molar-refractivity contribution in [1.29, 1.82) is 0 Å². The van der Waals surface area contributed by atoms with Crippen LogP contribution in [0.4, 0.5) is 10.1 Å². The Balaban J connectivity index is 2.82. The highest BCUT2D eigenvalue weighted by Crippen LogP contribution is 2.13. The van der Waals surface area contributed by atoms with E-state index in [0.717, 1.165) is 0 Å². The summed E-state index contributed by atoms with van der Waals surface area (Å²) in [6, 6.07) is 4.46. The predicted octanol–water partition coefficient (Wildman–Crippen LogP) is 0.845. The zero-order valence-electron chi connectivity index (χ0n) is 7.55. The highest BCUT2D eigenvalue weighted by atomic mass is 19.1. The molecule has 0 heterocycles. The van der Waals surface area contributed by atoms with Gasteiger partial charge in [-0.15, -0.1) is 0 Å². The number of benzene rings is 1. The van der Waals surface area contributed by atoms with E-state index >= 15 is 0 Å². The summed E-state index contributed by atoms with van der Waals surface area (Å²) < 4.78 is 13.1. The van der Waals surface area contributed by atoms with Crippen LogP contribution in [0.25, 0.3) is 0 Å². The summed E-state index contributed by atoms with van der Waals surface area (Å²) in [5.41, 5.74) is 3.03. The maximum absolute atomic E-state index is 13.1. The van der Waals surface area contributed by atoms with E-state index in [2.05, 4.69) is 17.3 Å². The number of nitrogen functional groups attached to an aromatic ring is 1. The van der Waals surface area contributed by atoms with Gasteiger partial charge in [0.25, 0.3) is 0 Å². The Labute approximate surface area is 81.7 Å². The van der Waals surface area contributed by atoms with Gasteiger partial charge in [0.05, 0.1) is 12.3 Å². The van der Waals surface area contributed by atoms with Crippen LogP contribution in [0.1, 0.15) is 12.0 Å². The molecule has 0 amide bonds. The minimum Gasteiger partial charge on any atom is -0.395 e. The quantitative estimate of drug-likeness (QED) is 0.371. The lowest BCUT2D eigenvalue weighted by Crippen LogP contribution is -2.08. The van der Waals surface area contributed by atoms with Gasteiger partial charge in [-0.2, -0.15) is 0 Å².